The van der Waals surface area contributed by atoms with Gasteiger partial charge < -0.3 is 5.32 Å². The molecule has 1 aromatic carbocycles. The zero-order valence-corrected chi connectivity index (χ0v) is 13.2. The van der Waals surface area contributed by atoms with Crippen molar-refractivity contribution in [1.29, 1.82) is 0 Å². The number of hydrogen-bond donors (Lipinski definition) is 2. The van der Waals surface area contributed by atoms with Crippen molar-refractivity contribution in [1.82, 2.24) is 9.71 Å². The molecule has 0 atom stereocenters. The van der Waals surface area contributed by atoms with Crippen molar-refractivity contribution in [2.75, 3.05) is 18.4 Å². The number of sulfonamides is 1. The SMILES string of the molecule is Cc1ccc(S(=O)(=O)NCCNc2ccc([N+](=O)[O-])cn2)cc1. The van der Waals surface area contributed by atoms with Crippen molar-refractivity contribution in [3.05, 3.63) is 58.3 Å². The lowest BCUT2D eigenvalue weighted by Crippen LogP contribution is -2.29. The summed E-state index contributed by atoms with van der Waals surface area (Å²) in [7, 11) is -3.55. The normalized spacial score (nSPS) is 11.2. The number of aromatic nitrogens is 1. The van der Waals surface area contributed by atoms with Gasteiger partial charge in [-0.25, -0.2) is 18.1 Å². The van der Waals surface area contributed by atoms with Crippen molar-refractivity contribution in [3.8, 4) is 0 Å². The molecule has 0 aliphatic carbocycles. The van der Waals surface area contributed by atoms with Gasteiger partial charge in [0.15, 0.2) is 0 Å². The van der Waals surface area contributed by atoms with Gasteiger partial charge in [-0.2, -0.15) is 0 Å². The largest absolute Gasteiger partial charge is 0.369 e. The van der Waals surface area contributed by atoms with E-state index in [1.807, 2.05) is 6.92 Å². The standard InChI is InChI=1S/C14H16N4O4S/c1-11-2-5-13(6-3-11)23(21,22)17-9-8-15-14-7-4-12(10-16-14)18(19)20/h2-7,10,17H,8-9H2,1H3,(H,15,16). The summed E-state index contributed by atoms with van der Waals surface area (Å²) in [5.41, 5.74) is 0.880. The highest BCUT2D eigenvalue weighted by atomic mass is 32.2. The first-order valence-electron chi connectivity index (χ1n) is 6.79. The Balaban J connectivity index is 1.84. The second-order valence-electron chi connectivity index (χ2n) is 4.80. The predicted octanol–water partition coefficient (Wildman–Crippen LogP) is 1.69. The van der Waals surface area contributed by atoms with Crippen LogP contribution in [0.15, 0.2) is 47.5 Å². The molecule has 1 heterocycles. The Hall–Kier alpha value is -2.52. The van der Waals surface area contributed by atoms with E-state index >= 15 is 0 Å². The molecule has 2 aromatic rings. The van der Waals surface area contributed by atoms with E-state index < -0.39 is 14.9 Å². The Labute approximate surface area is 133 Å². The van der Waals surface area contributed by atoms with E-state index in [1.54, 1.807) is 24.3 Å². The maximum Gasteiger partial charge on any atom is 0.287 e. The molecule has 122 valence electrons. The van der Waals surface area contributed by atoms with Crippen LogP contribution in [0.2, 0.25) is 0 Å². The van der Waals surface area contributed by atoms with E-state index in [0.29, 0.717) is 12.4 Å². The number of pyridine rings is 1. The summed E-state index contributed by atoms with van der Waals surface area (Å²) >= 11 is 0. The maximum absolute atomic E-state index is 12.0. The number of nitrogens with one attached hydrogen (secondary N) is 2. The van der Waals surface area contributed by atoms with E-state index in [0.717, 1.165) is 11.8 Å². The van der Waals surface area contributed by atoms with Gasteiger partial charge in [0.25, 0.3) is 5.69 Å². The van der Waals surface area contributed by atoms with Crippen LogP contribution in [-0.2, 0) is 10.0 Å². The van der Waals surface area contributed by atoms with E-state index in [2.05, 4.69) is 15.0 Å². The highest BCUT2D eigenvalue weighted by molar-refractivity contribution is 7.89. The number of hydrogen-bond acceptors (Lipinski definition) is 6. The molecule has 9 heteroatoms. The molecular weight excluding hydrogens is 320 g/mol. The molecule has 8 nitrogen and oxygen atoms in total. The minimum Gasteiger partial charge on any atom is -0.369 e. The fourth-order valence-electron chi connectivity index (χ4n) is 1.78. The predicted molar refractivity (Wildman–Crippen MR) is 85.7 cm³/mol. The molecule has 0 radical (unpaired) electrons. The molecular formula is C14H16N4O4S. The molecule has 2 rings (SSSR count). The molecule has 0 saturated heterocycles. The van der Waals surface area contributed by atoms with E-state index in [1.165, 1.54) is 12.1 Å². The highest BCUT2D eigenvalue weighted by Gasteiger charge is 2.12. The maximum atomic E-state index is 12.0. The Morgan fingerprint density at radius 3 is 2.39 bits per heavy atom. The van der Waals surface area contributed by atoms with Crippen LogP contribution in [0.25, 0.3) is 0 Å². The average Bonchev–Trinajstić information content (AvgIpc) is 2.52. The van der Waals surface area contributed by atoms with E-state index in [9.17, 15) is 18.5 Å². The van der Waals surface area contributed by atoms with Gasteiger partial charge in [-0.3, -0.25) is 10.1 Å². The number of benzene rings is 1. The van der Waals surface area contributed by atoms with Crippen LogP contribution in [0.5, 0.6) is 0 Å². The first kappa shape index (κ1) is 16.8. The summed E-state index contributed by atoms with van der Waals surface area (Å²) in [6, 6.07) is 9.34. The third kappa shape index (κ3) is 4.73. The lowest BCUT2D eigenvalue weighted by molar-refractivity contribution is -0.385. The molecule has 0 aliphatic heterocycles. The van der Waals surface area contributed by atoms with Crippen molar-refractivity contribution in [3.63, 3.8) is 0 Å². The number of nitro groups is 1. The Morgan fingerprint density at radius 2 is 1.83 bits per heavy atom. The number of anilines is 1. The van der Waals surface area contributed by atoms with Gasteiger partial charge >= 0.3 is 0 Å². The minimum absolute atomic E-state index is 0.101. The molecule has 0 aliphatic rings. The Kier molecular flexibility index (Phi) is 5.24. The van der Waals surface area contributed by atoms with Crippen LogP contribution in [0.4, 0.5) is 11.5 Å². The molecule has 1 aromatic heterocycles. The monoisotopic (exact) mass is 336 g/mol. The number of nitrogens with zero attached hydrogens (tertiary/aromatic N) is 2. The lowest BCUT2D eigenvalue weighted by atomic mass is 10.2. The Bertz CT molecular complexity index is 773. The van der Waals surface area contributed by atoms with Crippen LogP contribution in [-0.4, -0.2) is 31.4 Å². The third-order valence-corrected chi connectivity index (χ3v) is 4.49. The van der Waals surface area contributed by atoms with Crippen LogP contribution in [0.3, 0.4) is 0 Å². The average molecular weight is 336 g/mol. The summed E-state index contributed by atoms with van der Waals surface area (Å²) in [4.78, 5) is 14.0. The summed E-state index contributed by atoms with van der Waals surface area (Å²) in [6.45, 7) is 2.34. The fraction of sp³-hybridized carbons (Fsp3) is 0.214. The zero-order chi connectivity index (χ0) is 16.9. The summed E-state index contributed by atoms with van der Waals surface area (Å²) in [5, 5.41) is 13.4. The molecule has 0 fully saturated rings. The van der Waals surface area contributed by atoms with Crippen molar-refractivity contribution in [2.45, 2.75) is 11.8 Å². The Morgan fingerprint density at radius 1 is 1.13 bits per heavy atom. The first-order chi connectivity index (χ1) is 10.9. The van der Waals surface area contributed by atoms with Crippen LogP contribution < -0.4 is 10.0 Å². The first-order valence-corrected chi connectivity index (χ1v) is 8.27. The number of rotatable bonds is 7. The minimum atomic E-state index is -3.55. The molecule has 0 saturated carbocycles. The summed E-state index contributed by atoms with van der Waals surface area (Å²) < 4.78 is 26.6. The van der Waals surface area contributed by atoms with Gasteiger partial charge in [-0.1, -0.05) is 17.7 Å². The topological polar surface area (TPSA) is 114 Å². The molecule has 0 unspecified atom stereocenters. The van der Waals surface area contributed by atoms with Crippen molar-refractivity contribution in [2.24, 2.45) is 0 Å². The molecule has 0 amide bonds. The van der Waals surface area contributed by atoms with Crippen LogP contribution >= 0.6 is 0 Å². The molecule has 2 N–H and O–H groups in total. The van der Waals surface area contributed by atoms with Gasteiger partial charge in [0.05, 0.1) is 9.82 Å². The number of aryl methyl sites for hydroxylation is 1. The van der Waals surface area contributed by atoms with Crippen LogP contribution in [0.1, 0.15) is 5.56 Å². The van der Waals surface area contributed by atoms with Gasteiger partial charge in [0, 0.05) is 19.2 Å². The van der Waals surface area contributed by atoms with Gasteiger partial charge in [0.1, 0.15) is 12.0 Å². The highest BCUT2D eigenvalue weighted by Crippen LogP contribution is 2.12. The van der Waals surface area contributed by atoms with Crippen LogP contribution in [0, 0.1) is 17.0 Å². The van der Waals surface area contributed by atoms with E-state index in [4.69, 9.17) is 0 Å². The smallest absolute Gasteiger partial charge is 0.287 e. The second-order valence-corrected chi connectivity index (χ2v) is 6.56. The lowest BCUT2D eigenvalue weighted by Gasteiger charge is -2.08. The third-order valence-electron chi connectivity index (χ3n) is 3.01. The summed E-state index contributed by atoms with van der Waals surface area (Å²) in [5.74, 6) is 0.435. The van der Waals surface area contributed by atoms with Crippen molar-refractivity contribution >= 4 is 21.5 Å². The van der Waals surface area contributed by atoms with Gasteiger partial charge in [0.2, 0.25) is 10.0 Å². The van der Waals surface area contributed by atoms with Gasteiger partial charge in [-0.15, -0.1) is 0 Å². The second kappa shape index (κ2) is 7.16. The van der Waals surface area contributed by atoms with E-state index in [-0.39, 0.29) is 17.1 Å². The van der Waals surface area contributed by atoms with Crippen molar-refractivity contribution < 1.29 is 13.3 Å². The zero-order valence-electron chi connectivity index (χ0n) is 12.4. The molecule has 23 heavy (non-hydrogen) atoms. The fourth-order valence-corrected chi connectivity index (χ4v) is 2.81. The summed E-state index contributed by atoms with van der Waals surface area (Å²) in [6.07, 6.45) is 1.14. The quantitative estimate of drug-likeness (QED) is 0.452. The molecule has 0 spiro atoms. The molecule has 0 bridgehead atoms. The van der Waals surface area contributed by atoms with Gasteiger partial charge in [-0.05, 0) is 25.1 Å².